The number of carbonyl (C=O) groups excluding carboxylic acids is 2. The zero-order valence-electron chi connectivity index (χ0n) is 10.8. The van der Waals surface area contributed by atoms with Crippen LogP contribution < -0.4 is 5.32 Å². The molecule has 1 aromatic rings. The largest absolute Gasteiger partial charge is 0.462 e. The average molecular weight is 263 g/mol. The summed E-state index contributed by atoms with van der Waals surface area (Å²) in [6.45, 7) is 3.32. The Morgan fingerprint density at radius 1 is 1.37 bits per heavy atom. The highest BCUT2D eigenvalue weighted by molar-refractivity contribution is 6.01. The maximum atomic E-state index is 11.8. The van der Waals surface area contributed by atoms with E-state index in [0.29, 0.717) is 37.5 Å². The van der Waals surface area contributed by atoms with Crippen LogP contribution in [0.4, 0.5) is 5.69 Å². The molecule has 1 aliphatic heterocycles. The van der Waals surface area contributed by atoms with Gasteiger partial charge in [0.25, 0.3) is 0 Å². The van der Waals surface area contributed by atoms with E-state index in [1.165, 1.54) is 0 Å². The second-order valence-corrected chi connectivity index (χ2v) is 4.42. The second kappa shape index (κ2) is 6.33. The fraction of sp³-hybridized carbons (Fsp3) is 0.429. The van der Waals surface area contributed by atoms with Crippen LogP contribution in [0.2, 0.25) is 0 Å². The maximum Gasteiger partial charge on any atom is 0.340 e. The Labute approximate surface area is 111 Å². The predicted octanol–water partition coefficient (Wildman–Crippen LogP) is 1.84. The lowest BCUT2D eigenvalue weighted by atomic mass is 10.0. The zero-order valence-corrected chi connectivity index (χ0v) is 10.8. The quantitative estimate of drug-likeness (QED) is 0.823. The van der Waals surface area contributed by atoms with Crippen molar-refractivity contribution in [3.05, 3.63) is 29.8 Å². The third-order valence-electron chi connectivity index (χ3n) is 2.88. The lowest BCUT2D eigenvalue weighted by molar-refractivity contribution is -0.121. The van der Waals surface area contributed by atoms with Gasteiger partial charge in [0.1, 0.15) is 0 Å². The van der Waals surface area contributed by atoms with E-state index in [0.717, 1.165) is 0 Å². The molecule has 1 aromatic carbocycles. The normalized spacial score (nSPS) is 14.6. The number of carbonyl (C=O) groups is 2. The number of rotatable bonds is 5. The summed E-state index contributed by atoms with van der Waals surface area (Å²) in [4.78, 5) is 23.6. The summed E-state index contributed by atoms with van der Waals surface area (Å²) < 4.78 is 9.98. The minimum absolute atomic E-state index is 0.106. The fourth-order valence-corrected chi connectivity index (χ4v) is 1.84. The molecule has 0 bridgehead atoms. The van der Waals surface area contributed by atoms with Gasteiger partial charge in [0, 0.05) is 12.3 Å². The van der Waals surface area contributed by atoms with Crippen LogP contribution in [0, 0.1) is 5.92 Å². The van der Waals surface area contributed by atoms with Crippen molar-refractivity contribution in [2.24, 2.45) is 5.92 Å². The van der Waals surface area contributed by atoms with Gasteiger partial charge in [0.2, 0.25) is 5.91 Å². The van der Waals surface area contributed by atoms with E-state index in [1.54, 1.807) is 31.2 Å². The van der Waals surface area contributed by atoms with Gasteiger partial charge in [0.15, 0.2) is 0 Å². The summed E-state index contributed by atoms with van der Waals surface area (Å²) in [7, 11) is 0. The molecule has 5 nitrogen and oxygen atoms in total. The van der Waals surface area contributed by atoms with E-state index in [4.69, 9.17) is 9.47 Å². The molecule has 1 fully saturated rings. The number of amides is 1. The van der Waals surface area contributed by atoms with Crippen LogP contribution in [-0.2, 0) is 14.3 Å². The van der Waals surface area contributed by atoms with E-state index >= 15 is 0 Å². The SMILES string of the molecule is CCOC(=O)c1ccccc1NC(=O)CC1COC1. The third kappa shape index (κ3) is 3.54. The highest BCUT2D eigenvalue weighted by Crippen LogP contribution is 2.19. The third-order valence-corrected chi connectivity index (χ3v) is 2.88. The molecular weight excluding hydrogens is 246 g/mol. The van der Waals surface area contributed by atoms with Gasteiger partial charge in [-0.25, -0.2) is 4.79 Å². The van der Waals surface area contributed by atoms with Crippen molar-refractivity contribution in [2.75, 3.05) is 25.1 Å². The zero-order chi connectivity index (χ0) is 13.7. The van der Waals surface area contributed by atoms with Crippen LogP contribution in [0.1, 0.15) is 23.7 Å². The van der Waals surface area contributed by atoms with Crippen LogP contribution in [0.15, 0.2) is 24.3 Å². The summed E-state index contributed by atoms with van der Waals surface area (Å²) in [5.41, 5.74) is 0.869. The van der Waals surface area contributed by atoms with Crippen molar-refractivity contribution in [3.63, 3.8) is 0 Å². The summed E-state index contributed by atoms with van der Waals surface area (Å²) in [5, 5.41) is 2.75. The maximum absolute atomic E-state index is 11.8. The van der Waals surface area contributed by atoms with Crippen molar-refractivity contribution < 1.29 is 19.1 Å². The van der Waals surface area contributed by atoms with Crippen molar-refractivity contribution >= 4 is 17.6 Å². The number of hydrogen-bond donors (Lipinski definition) is 1. The molecule has 5 heteroatoms. The number of anilines is 1. The van der Waals surface area contributed by atoms with Gasteiger partial charge >= 0.3 is 5.97 Å². The number of para-hydroxylation sites is 1. The topological polar surface area (TPSA) is 64.6 Å². The van der Waals surface area contributed by atoms with Crippen LogP contribution in [0.5, 0.6) is 0 Å². The van der Waals surface area contributed by atoms with Gasteiger partial charge in [-0.15, -0.1) is 0 Å². The molecule has 1 heterocycles. The first kappa shape index (κ1) is 13.5. The van der Waals surface area contributed by atoms with Crippen LogP contribution in [0.25, 0.3) is 0 Å². The first-order valence-electron chi connectivity index (χ1n) is 6.34. The first-order chi connectivity index (χ1) is 9.20. The van der Waals surface area contributed by atoms with Crippen molar-refractivity contribution in [2.45, 2.75) is 13.3 Å². The summed E-state index contributed by atoms with van der Waals surface area (Å²) >= 11 is 0. The Morgan fingerprint density at radius 3 is 2.74 bits per heavy atom. The Hall–Kier alpha value is -1.88. The molecule has 0 spiro atoms. The number of esters is 1. The minimum Gasteiger partial charge on any atom is -0.462 e. The average Bonchev–Trinajstić information content (AvgIpc) is 2.35. The number of ether oxygens (including phenoxy) is 2. The number of hydrogen-bond acceptors (Lipinski definition) is 4. The highest BCUT2D eigenvalue weighted by Gasteiger charge is 2.22. The molecule has 0 aromatic heterocycles. The molecule has 0 unspecified atom stereocenters. The van der Waals surface area contributed by atoms with Gasteiger partial charge in [0.05, 0.1) is 31.1 Å². The minimum atomic E-state index is -0.426. The molecule has 19 heavy (non-hydrogen) atoms. The molecule has 0 radical (unpaired) electrons. The van der Waals surface area contributed by atoms with E-state index < -0.39 is 5.97 Å². The summed E-state index contributed by atoms with van der Waals surface area (Å²) in [6.07, 6.45) is 0.414. The van der Waals surface area contributed by atoms with Gasteiger partial charge in [-0.2, -0.15) is 0 Å². The van der Waals surface area contributed by atoms with Crippen LogP contribution in [-0.4, -0.2) is 31.7 Å². The molecule has 0 saturated carbocycles. The molecule has 2 rings (SSSR count). The van der Waals surface area contributed by atoms with E-state index in [9.17, 15) is 9.59 Å². The van der Waals surface area contributed by atoms with Crippen molar-refractivity contribution in [1.29, 1.82) is 0 Å². The van der Waals surface area contributed by atoms with Gasteiger partial charge in [-0.1, -0.05) is 12.1 Å². The van der Waals surface area contributed by atoms with Crippen LogP contribution in [0.3, 0.4) is 0 Å². The first-order valence-corrected chi connectivity index (χ1v) is 6.34. The summed E-state index contributed by atoms with van der Waals surface area (Å²) in [5.74, 6) is -0.245. The predicted molar refractivity (Wildman–Crippen MR) is 70.0 cm³/mol. The molecule has 1 amide bonds. The molecule has 1 aliphatic rings. The lowest BCUT2D eigenvalue weighted by Crippen LogP contribution is -2.31. The Balaban J connectivity index is 2.02. The second-order valence-electron chi connectivity index (χ2n) is 4.42. The number of benzene rings is 1. The molecule has 1 N–H and O–H groups in total. The standard InChI is InChI=1S/C14H17NO4/c1-2-19-14(17)11-5-3-4-6-12(11)15-13(16)7-10-8-18-9-10/h3-6,10H,2,7-9H2,1H3,(H,15,16). The van der Waals surface area contributed by atoms with Gasteiger partial charge in [-0.3, -0.25) is 4.79 Å². The summed E-state index contributed by atoms with van der Waals surface area (Å²) in [6, 6.07) is 6.84. The highest BCUT2D eigenvalue weighted by atomic mass is 16.5. The molecule has 1 saturated heterocycles. The Kier molecular flexibility index (Phi) is 4.52. The van der Waals surface area contributed by atoms with Crippen molar-refractivity contribution in [1.82, 2.24) is 0 Å². The van der Waals surface area contributed by atoms with Gasteiger partial charge < -0.3 is 14.8 Å². The number of nitrogens with one attached hydrogen (secondary N) is 1. The van der Waals surface area contributed by atoms with E-state index in [1.807, 2.05) is 0 Å². The van der Waals surface area contributed by atoms with E-state index in [2.05, 4.69) is 5.32 Å². The van der Waals surface area contributed by atoms with Crippen LogP contribution >= 0.6 is 0 Å². The smallest absolute Gasteiger partial charge is 0.340 e. The van der Waals surface area contributed by atoms with Crippen molar-refractivity contribution in [3.8, 4) is 0 Å². The van der Waals surface area contributed by atoms with E-state index in [-0.39, 0.29) is 11.8 Å². The monoisotopic (exact) mass is 263 g/mol. The molecule has 102 valence electrons. The molecule has 0 aliphatic carbocycles. The Bertz CT molecular complexity index is 468. The molecular formula is C14H17NO4. The van der Waals surface area contributed by atoms with Gasteiger partial charge in [-0.05, 0) is 19.1 Å². The fourth-order valence-electron chi connectivity index (χ4n) is 1.84. The lowest BCUT2D eigenvalue weighted by Gasteiger charge is -2.25. The molecule has 0 atom stereocenters. The Morgan fingerprint density at radius 2 is 2.11 bits per heavy atom.